The lowest BCUT2D eigenvalue weighted by molar-refractivity contribution is 0.0900. The zero-order chi connectivity index (χ0) is 17.8. The third-order valence-electron chi connectivity index (χ3n) is 4.45. The Morgan fingerprint density at radius 3 is 2.58 bits per heavy atom. The summed E-state index contributed by atoms with van der Waals surface area (Å²) in [7, 11) is 0. The average molecular weight is 355 g/mol. The zero-order valence-electron chi connectivity index (χ0n) is 14.4. The van der Waals surface area contributed by atoms with Crippen LogP contribution in [-0.2, 0) is 0 Å². The van der Waals surface area contributed by atoms with E-state index >= 15 is 0 Å². The second-order valence-electron chi connectivity index (χ2n) is 6.21. The molecule has 2 aliphatic rings. The van der Waals surface area contributed by atoms with Gasteiger partial charge in [-0.25, -0.2) is 14.8 Å². The van der Waals surface area contributed by atoms with Crippen LogP contribution in [0.2, 0.25) is 0 Å². The van der Waals surface area contributed by atoms with Gasteiger partial charge in [0.1, 0.15) is 6.61 Å². The largest absolute Gasteiger partial charge is 0.486 e. The Bertz CT molecular complexity index is 750. The smallest absolute Gasteiger partial charge is 0.317 e. The first kappa shape index (κ1) is 16.4. The maximum absolute atomic E-state index is 12.4. The van der Waals surface area contributed by atoms with Crippen LogP contribution in [0.3, 0.4) is 0 Å². The molecule has 3 heterocycles. The molecule has 0 bridgehead atoms. The molecule has 1 atom stereocenters. The van der Waals surface area contributed by atoms with Crippen molar-refractivity contribution >= 4 is 12.0 Å². The molecule has 0 spiro atoms. The van der Waals surface area contributed by atoms with Gasteiger partial charge in [-0.05, 0) is 18.2 Å². The number of benzene rings is 1. The van der Waals surface area contributed by atoms with Crippen molar-refractivity contribution in [2.45, 2.75) is 6.10 Å². The van der Waals surface area contributed by atoms with E-state index in [2.05, 4.69) is 20.2 Å². The van der Waals surface area contributed by atoms with E-state index in [0.717, 1.165) is 11.5 Å². The van der Waals surface area contributed by atoms with E-state index in [9.17, 15) is 4.79 Å². The summed E-state index contributed by atoms with van der Waals surface area (Å²) in [5, 5.41) is 2.94. The zero-order valence-corrected chi connectivity index (χ0v) is 14.4. The molecule has 0 radical (unpaired) electrons. The monoisotopic (exact) mass is 355 g/mol. The Hall–Kier alpha value is -3.03. The number of rotatable bonds is 3. The lowest BCUT2D eigenvalue weighted by Crippen LogP contribution is -2.53. The standard InChI is InChI=1S/C18H21N5O3/c24-18(21-12-14-13-25-15-4-1-2-5-16(15)26-14)23-10-8-22(9-11-23)17-19-6-3-7-20-17/h1-7,14H,8-13H2,(H,21,24). The van der Waals surface area contributed by atoms with Crippen molar-refractivity contribution in [1.29, 1.82) is 0 Å². The number of piperazine rings is 1. The van der Waals surface area contributed by atoms with E-state index < -0.39 is 0 Å². The summed E-state index contributed by atoms with van der Waals surface area (Å²) in [5.41, 5.74) is 0. The number of amides is 2. The quantitative estimate of drug-likeness (QED) is 0.890. The van der Waals surface area contributed by atoms with Crippen molar-refractivity contribution in [1.82, 2.24) is 20.2 Å². The maximum Gasteiger partial charge on any atom is 0.317 e. The molecule has 2 aromatic rings. The van der Waals surface area contributed by atoms with Gasteiger partial charge >= 0.3 is 6.03 Å². The lowest BCUT2D eigenvalue weighted by atomic mass is 10.2. The number of hydrogen-bond acceptors (Lipinski definition) is 6. The summed E-state index contributed by atoms with van der Waals surface area (Å²) in [5.74, 6) is 2.17. The molecule has 1 aromatic heterocycles. The SMILES string of the molecule is O=C(NCC1COc2ccccc2O1)N1CCN(c2ncccn2)CC1. The number of carbonyl (C=O) groups excluding carboxylic acids is 1. The van der Waals surface area contributed by atoms with E-state index in [1.54, 1.807) is 23.4 Å². The van der Waals surface area contributed by atoms with Crippen molar-refractivity contribution in [2.75, 3.05) is 44.2 Å². The fourth-order valence-electron chi connectivity index (χ4n) is 3.04. The Morgan fingerprint density at radius 1 is 1.08 bits per heavy atom. The van der Waals surface area contributed by atoms with Gasteiger partial charge < -0.3 is 24.6 Å². The van der Waals surface area contributed by atoms with Gasteiger partial charge in [-0.1, -0.05) is 12.1 Å². The number of nitrogens with zero attached hydrogens (tertiary/aromatic N) is 4. The number of aromatic nitrogens is 2. The first-order valence-corrected chi connectivity index (χ1v) is 8.73. The Kier molecular flexibility index (Phi) is 4.72. The second-order valence-corrected chi connectivity index (χ2v) is 6.21. The highest BCUT2D eigenvalue weighted by Gasteiger charge is 2.25. The highest BCUT2D eigenvalue weighted by Crippen LogP contribution is 2.30. The van der Waals surface area contributed by atoms with Crippen LogP contribution < -0.4 is 19.7 Å². The summed E-state index contributed by atoms with van der Waals surface area (Å²) in [6, 6.07) is 9.27. The number of anilines is 1. The summed E-state index contributed by atoms with van der Waals surface area (Å²) >= 11 is 0. The average Bonchev–Trinajstić information content (AvgIpc) is 2.72. The van der Waals surface area contributed by atoms with Crippen LogP contribution >= 0.6 is 0 Å². The Morgan fingerprint density at radius 2 is 1.81 bits per heavy atom. The van der Waals surface area contributed by atoms with Gasteiger partial charge in [0.05, 0.1) is 6.54 Å². The number of nitrogens with one attached hydrogen (secondary N) is 1. The first-order chi connectivity index (χ1) is 12.8. The molecule has 2 aliphatic heterocycles. The van der Waals surface area contributed by atoms with Crippen LogP contribution in [-0.4, -0.2) is 66.3 Å². The predicted octanol–water partition coefficient (Wildman–Crippen LogP) is 1.15. The fourth-order valence-corrected chi connectivity index (χ4v) is 3.04. The van der Waals surface area contributed by atoms with Gasteiger partial charge in [-0.2, -0.15) is 0 Å². The molecule has 4 rings (SSSR count). The van der Waals surface area contributed by atoms with Crippen LogP contribution in [0.25, 0.3) is 0 Å². The van der Waals surface area contributed by atoms with E-state index in [0.29, 0.717) is 45.3 Å². The van der Waals surface area contributed by atoms with Crippen molar-refractivity contribution in [3.63, 3.8) is 0 Å². The number of urea groups is 1. The molecule has 2 amide bonds. The fraction of sp³-hybridized carbons (Fsp3) is 0.389. The van der Waals surface area contributed by atoms with Crippen LogP contribution in [0.1, 0.15) is 0 Å². The highest BCUT2D eigenvalue weighted by molar-refractivity contribution is 5.74. The highest BCUT2D eigenvalue weighted by atomic mass is 16.6. The van der Waals surface area contributed by atoms with E-state index in [-0.39, 0.29) is 12.1 Å². The Labute approximate surface area is 151 Å². The molecular weight excluding hydrogens is 334 g/mol. The van der Waals surface area contributed by atoms with E-state index in [4.69, 9.17) is 9.47 Å². The minimum Gasteiger partial charge on any atom is -0.486 e. The minimum absolute atomic E-state index is 0.0823. The summed E-state index contributed by atoms with van der Waals surface area (Å²) < 4.78 is 11.5. The van der Waals surface area contributed by atoms with Crippen molar-refractivity contribution < 1.29 is 14.3 Å². The number of fused-ring (bicyclic) bond motifs is 1. The molecule has 8 nitrogen and oxygen atoms in total. The molecule has 1 aromatic carbocycles. The number of para-hydroxylation sites is 2. The normalized spacial score (nSPS) is 19.2. The number of ether oxygens (including phenoxy) is 2. The van der Waals surface area contributed by atoms with Crippen LogP contribution in [0.4, 0.5) is 10.7 Å². The summed E-state index contributed by atoms with van der Waals surface area (Å²) in [4.78, 5) is 24.8. The van der Waals surface area contributed by atoms with Crippen molar-refractivity contribution in [2.24, 2.45) is 0 Å². The molecule has 1 fully saturated rings. The van der Waals surface area contributed by atoms with Gasteiger partial charge in [-0.15, -0.1) is 0 Å². The van der Waals surface area contributed by atoms with Gasteiger partial charge in [-0.3, -0.25) is 0 Å². The van der Waals surface area contributed by atoms with E-state index in [1.807, 2.05) is 24.3 Å². The van der Waals surface area contributed by atoms with Gasteiger partial charge in [0.25, 0.3) is 0 Å². The molecule has 0 aliphatic carbocycles. The molecule has 1 N–H and O–H groups in total. The summed E-state index contributed by atoms with van der Waals surface area (Å²) in [6.45, 7) is 3.54. The maximum atomic E-state index is 12.4. The molecule has 1 unspecified atom stereocenters. The molecule has 26 heavy (non-hydrogen) atoms. The molecular formula is C18H21N5O3. The van der Waals surface area contributed by atoms with Crippen LogP contribution in [0.15, 0.2) is 42.7 Å². The third-order valence-corrected chi connectivity index (χ3v) is 4.45. The van der Waals surface area contributed by atoms with Gasteiger partial charge in [0.15, 0.2) is 17.6 Å². The lowest BCUT2D eigenvalue weighted by Gasteiger charge is -2.35. The minimum atomic E-state index is -0.187. The molecule has 8 heteroatoms. The van der Waals surface area contributed by atoms with E-state index in [1.165, 1.54) is 0 Å². The Balaban J connectivity index is 1.24. The predicted molar refractivity (Wildman–Crippen MR) is 95.6 cm³/mol. The topological polar surface area (TPSA) is 79.8 Å². The van der Waals surface area contributed by atoms with Crippen LogP contribution in [0.5, 0.6) is 11.5 Å². The van der Waals surface area contributed by atoms with Gasteiger partial charge in [0.2, 0.25) is 5.95 Å². The molecule has 136 valence electrons. The van der Waals surface area contributed by atoms with Crippen molar-refractivity contribution in [3.05, 3.63) is 42.7 Å². The number of hydrogen-bond donors (Lipinski definition) is 1. The summed E-state index contributed by atoms with van der Waals surface area (Å²) in [6.07, 6.45) is 3.27. The van der Waals surface area contributed by atoms with Gasteiger partial charge in [0, 0.05) is 38.6 Å². The first-order valence-electron chi connectivity index (χ1n) is 8.73. The third kappa shape index (κ3) is 3.63. The molecule has 1 saturated heterocycles. The molecule has 0 saturated carbocycles. The van der Waals surface area contributed by atoms with Crippen molar-refractivity contribution in [3.8, 4) is 11.5 Å². The van der Waals surface area contributed by atoms with Crippen LogP contribution in [0, 0.1) is 0 Å². The number of carbonyl (C=O) groups is 1. The second kappa shape index (κ2) is 7.47.